The van der Waals surface area contributed by atoms with Crippen molar-refractivity contribution in [2.75, 3.05) is 13.1 Å². The van der Waals surface area contributed by atoms with Gasteiger partial charge in [0.15, 0.2) is 0 Å². The van der Waals surface area contributed by atoms with Gasteiger partial charge >= 0.3 is 0 Å². The Kier molecular flexibility index (Phi) is 5.48. The van der Waals surface area contributed by atoms with Crippen molar-refractivity contribution in [3.63, 3.8) is 0 Å². The number of hydrogen-bond donors (Lipinski definition) is 1. The number of rotatable bonds is 6. The Morgan fingerprint density at radius 2 is 1.77 bits per heavy atom. The molecule has 2 aromatic heterocycles. The normalized spacial score (nSPS) is 17.4. The predicted octanol–water partition coefficient (Wildman–Crippen LogP) is 3.94. The molecule has 136 valence electrons. The monoisotopic (exact) mass is 367 g/mol. The Balaban J connectivity index is 1.27. The molecule has 4 rings (SSSR count). The number of aromatic nitrogens is 2. The van der Waals surface area contributed by atoms with E-state index in [-0.39, 0.29) is 6.10 Å². The lowest BCUT2D eigenvalue weighted by Crippen LogP contribution is -2.35. The van der Waals surface area contributed by atoms with Crippen molar-refractivity contribution in [1.82, 2.24) is 14.7 Å². The fraction of sp³-hybridized carbons (Fsp3) is 0.381. The molecule has 0 bridgehead atoms. The smallest absolute Gasteiger partial charge is 0.0910 e. The molecule has 0 saturated carbocycles. The molecular formula is C21H25N3OS. The number of benzene rings is 1. The minimum atomic E-state index is -0.293. The molecule has 26 heavy (non-hydrogen) atoms. The number of aliphatic hydroxyl groups is 1. The van der Waals surface area contributed by atoms with E-state index < -0.39 is 0 Å². The maximum absolute atomic E-state index is 10.5. The first-order valence-corrected chi connectivity index (χ1v) is 10.1. The van der Waals surface area contributed by atoms with E-state index in [4.69, 9.17) is 0 Å². The molecule has 1 N–H and O–H groups in total. The van der Waals surface area contributed by atoms with E-state index in [0.717, 1.165) is 43.9 Å². The molecule has 0 radical (unpaired) electrons. The van der Waals surface area contributed by atoms with Crippen molar-refractivity contribution in [3.8, 4) is 0 Å². The van der Waals surface area contributed by atoms with Gasteiger partial charge < -0.3 is 5.11 Å². The number of thiophene rings is 1. The van der Waals surface area contributed by atoms with E-state index in [0.29, 0.717) is 5.92 Å². The van der Waals surface area contributed by atoms with Crippen LogP contribution in [-0.4, -0.2) is 32.9 Å². The van der Waals surface area contributed by atoms with Gasteiger partial charge in [0.25, 0.3) is 0 Å². The molecule has 0 spiro atoms. The van der Waals surface area contributed by atoms with E-state index in [1.54, 1.807) is 11.3 Å². The van der Waals surface area contributed by atoms with Gasteiger partial charge in [-0.2, -0.15) is 5.10 Å². The van der Waals surface area contributed by atoms with E-state index in [1.165, 1.54) is 11.1 Å². The van der Waals surface area contributed by atoms with Crippen molar-refractivity contribution in [3.05, 3.63) is 76.2 Å². The van der Waals surface area contributed by atoms with E-state index in [9.17, 15) is 5.11 Å². The van der Waals surface area contributed by atoms with Gasteiger partial charge in [0.2, 0.25) is 0 Å². The highest BCUT2D eigenvalue weighted by Crippen LogP contribution is 2.33. The first-order valence-electron chi connectivity index (χ1n) is 9.27. The van der Waals surface area contributed by atoms with Crippen LogP contribution in [0.4, 0.5) is 0 Å². The molecule has 3 heterocycles. The topological polar surface area (TPSA) is 41.3 Å². The Labute approximate surface area is 158 Å². The highest BCUT2D eigenvalue weighted by molar-refractivity contribution is 7.10. The summed E-state index contributed by atoms with van der Waals surface area (Å²) in [6.07, 6.45) is 5.64. The minimum absolute atomic E-state index is 0.293. The molecule has 5 heteroatoms. The van der Waals surface area contributed by atoms with Crippen LogP contribution in [0.5, 0.6) is 0 Å². The fourth-order valence-electron chi connectivity index (χ4n) is 3.71. The molecular weight excluding hydrogens is 342 g/mol. The Hall–Kier alpha value is -1.95. The third kappa shape index (κ3) is 4.23. The number of hydrogen-bond acceptors (Lipinski definition) is 4. The molecule has 4 nitrogen and oxygen atoms in total. The molecule has 1 saturated heterocycles. The molecule has 1 aromatic carbocycles. The van der Waals surface area contributed by atoms with Gasteiger partial charge in [0.05, 0.1) is 12.6 Å². The lowest BCUT2D eigenvalue weighted by Gasteiger charge is -2.34. The second kappa shape index (κ2) is 8.16. The summed E-state index contributed by atoms with van der Waals surface area (Å²) in [5, 5.41) is 16.8. The van der Waals surface area contributed by atoms with Crippen LogP contribution in [-0.2, 0) is 13.1 Å². The molecule has 1 aliphatic heterocycles. The van der Waals surface area contributed by atoms with Crippen LogP contribution in [0.2, 0.25) is 0 Å². The SMILES string of the molecule is O[C@H](c1cccs1)C1CCN(Cc2ccc(Cn3cccn3)cc2)CC1. The number of piperidine rings is 1. The molecule has 0 amide bonds. The molecule has 1 aliphatic rings. The number of likely N-dealkylation sites (tertiary alicyclic amines) is 1. The van der Waals surface area contributed by atoms with Gasteiger partial charge in [-0.3, -0.25) is 9.58 Å². The summed E-state index contributed by atoms with van der Waals surface area (Å²) in [6.45, 7) is 3.92. The van der Waals surface area contributed by atoms with Crippen molar-refractivity contribution < 1.29 is 5.11 Å². The predicted molar refractivity (Wildman–Crippen MR) is 105 cm³/mol. The minimum Gasteiger partial charge on any atom is -0.387 e. The average molecular weight is 368 g/mol. The summed E-state index contributed by atoms with van der Waals surface area (Å²) in [5.41, 5.74) is 2.63. The van der Waals surface area contributed by atoms with E-state index >= 15 is 0 Å². The summed E-state index contributed by atoms with van der Waals surface area (Å²) < 4.78 is 1.94. The Morgan fingerprint density at radius 1 is 1.04 bits per heavy atom. The fourth-order valence-corrected chi connectivity index (χ4v) is 4.51. The van der Waals surface area contributed by atoms with Gasteiger partial charge in [-0.05, 0) is 60.5 Å². The Bertz CT molecular complexity index is 775. The van der Waals surface area contributed by atoms with Crippen molar-refractivity contribution in [2.45, 2.75) is 32.0 Å². The van der Waals surface area contributed by atoms with Gasteiger partial charge in [-0.1, -0.05) is 30.3 Å². The first-order chi connectivity index (χ1) is 12.8. The summed E-state index contributed by atoms with van der Waals surface area (Å²) in [4.78, 5) is 3.61. The van der Waals surface area contributed by atoms with Crippen LogP contribution in [0, 0.1) is 5.92 Å². The van der Waals surface area contributed by atoms with Crippen LogP contribution in [0.25, 0.3) is 0 Å². The maximum atomic E-state index is 10.5. The third-order valence-electron chi connectivity index (χ3n) is 5.25. The number of aliphatic hydroxyl groups excluding tert-OH is 1. The summed E-state index contributed by atoms with van der Waals surface area (Å²) in [5.74, 6) is 0.390. The lowest BCUT2D eigenvalue weighted by molar-refractivity contribution is 0.0591. The van der Waals surface area contributed by atoms with Crippen molar-refractivity contribution in [2.24, 2.45) is 5.92 Å². The zero-order chi connectivity index (χ0) is 17.8. The maximum Gasteiger partial charge on any atom is 0.0910 e. The molecule has 0 aliphatic carbocycles. The second-order valence-corrected chi connectivity index (χ2v) is 8.07. The van der Waals surface area contributed by atoms with Crippen LogP contribution >= 0.6 is 11.3 Å². The molecule has 3 aromatic rings. The highest BCUT2D eigenvalue weighted by Gasteiger charge is 2.26. The highest BCUT2D eigenvalue weighted by atomic mass is 32.1. The van der Waals surface area contributed by atoms with Gasteiger partial charge in [-0.25, -0.2) is 0 Å². The zero-order valence-electron chi connectivity index (χ0n) is 14.9. The largest absolute Gasteiger partial charge is 0.387 e. The summed E-state index contributed by atoms with van der Waals surface area (Å²) in [7, 11) is 0. The third-order valence-corrected chi connectivity index (χ3v) is 6.19. The summed E-state index contributed by atoms with van der Waals surface area (Å²) >= 11 is 1.66. The molecule has 1 atom stereocenters. The summed E-state index contributed by atoms with van der Waals surface area (Å²) in [6, 6.07) is 14.9. The van der Waals surface area contributed by atoms with Crippen molar-refractivity contribution in [1.29, 1.82) is 0 Å². The zero-order valence-corrected chi connectivity index (χ0v) is 15.7. The van der Waals surface area contributed by atoms with Crippen LogP contribution in [0.1, 0.15) is 34.9 Å². The van der Waals surface area contributed by atoms with Gasteiger partial charge in [0, 0.05) is 23.8 Å². The first kappa shape index (κ1) is 17.5. The lowest BCUT2D eigenvalue weighted by atomic mass is 9.90. The quantitative estimate of drug-likeness (QED) is 0.717. The standard InChI is InChI=1S/C21H25N3OS/c25-21(20-3-1-14-26-20)19-8-12-23(13-9-19)15-17-4-6-18(7-5-17)16-24-11-2-10-22-24/h1-7,10-11,14,19,21,25H,8-9,12-13,15-16H2/t21-/m0/s1. The van der Waals surface area contributed by atoms with Crippen molar-refractivity contribution >= 4 is 11.3 Å². The van der Waals surface area contributed by atoms with Crippen LogP contribution < -0.4 is 0 Å². The van der Waals surface area contributed by atoms with Gasteiger partial charge in [-0.15, -0.1) is 11.3 Å². The van der Waals surface area contributed by atoms with Gasteiger partial charge in [0.1, 0.15) is 0 Å². The number of nitrogens with zero attached hydrogens (tertiary/aromatic N) is 3. The Morgan fingerprint density at radius 3 is 2.38 bits per heavy atom. The van der Waals surface area contributed by atoms with E-state index in [1.807, 2.05) is 40.7 Å². The average Bonchev–Trinajstić information content (AvgIpc) is 3.37. The van der Waals surface area contributed by atoms with E-state index in [2.05, 4.69) is 34.3 Å². The molecule has 1 fully saturated rings. The second-order valence-electron chi connectivity index (χ2n) is 7.09. The van der Waals surface area contributed by atoms with Crippen LogP contribution in [0.3, 0.4) is 0 Å². The molecule has 0 unspecified atom stereocenters. The van der Waals surface area contributed by atoms with Crippen LogP contribution in [0.15, 0.2) is 60.2 Å².